The first-order valence-electron chi connectivity index (χ1n) is 10.0. The number of anilines is 1. The summed E-state index contributed by atoms with van der Waals surface area (Å²) in [4.78, 5) is 22.8. The Kier molecular flexibility index (Phi) is 6.01. The van der Waals surface area contributed by atoms with Crippen molar-refractivity contribution in [3.63, 3.8) is 0 Å². The minimum Gasteiger partial charge on any atom is -0.474 e. The van der Waals surface area contributed by atoms with Crippen molar-refractivity contribution in [2.45, 2.75) is 38.3 Å². The number of carbonyl (C=O) groups is 1. The minimum atomic E-state index is -0.260. The van der Waals surface area contributed by atoms with E-state index >= 15 is 0 Å². The maximum atomic E-state index is 11.9. The Morgan fingerprint density at radius 1 is 1.11 bits per heavy atom. The van der Waals surface area contributed by atoms with E-state index in [1.807, 2.05) is 12.1 Å². The minimum absolute atomic E-state index is 0.248. The molecule has 2 N–H and O–H groups in total. The summed E-state index contributed by atoms with van der Waals surface area (Å²) in [5, 5.41) is 5.57. The predicted octanol–water partition coefficient (Wildman–Crippen LogP) is 3.05. The summed E-state index contributed by atoms with van der Waals surface area (Å²) in [7, 11) is 0. The first kappa shape index (κ1) is 18.7. The monoisotopic (exact) mass is 381 g/mol. The van der Waals surface area contributed by atoms with Crippen LogP contribution in [0.2, 0.25) is 0 Å². The molecule has 0 aromatic carbocycles. The number of aromatic nitrogens is 2. The number of hydrogen-bond donors (Lipinski definition) is 2. The van der Waals surface area contributed by atoms with E-state index in [1.54, 1.807) is 30.7 Å². The van der Waals surface area contributed by atoms with Gasteiger partial charge < -0.3 is 20.3 Å². The highest BCUT2D eigenvalue weighted by molar-refractivity contribution is 5.88. The van der Waals surface area contributed by atoms with Crippen LogP contribution in [0.3, 0.4) is 0 Å². The Hall–Kier alpha value is -2.67. The summed E-state index contributed by atoms with van der Waals surface area (Å²) in [5.41, 5.74) is 1.63. The van der Waals surface area contributed by atoms with Gasteiger partial charge in [0.05, 0.1) is 0 Å². The standard InChI is InChI=1S/C21H27N5O2/c27-21(25-18-5-9-22-10-6-18)24-14-17-3-4-20(23-13-17)28-19-7-11-26(12-8-19)15-16-1-2-16/h3-6,9-10,13,16,19H,1-2,7-8,11-12,14-15H2,(H2,22,24,25,27). The number of nitrogens with one attached hydrogen (secondary N) is 2. The first-order chi connectivity index (χ1) is 13.7. The van der Waals surface area contributed by atoms with Crippen LogP contribution in [0.1, 0.15) is 31.2 Å². The Morgan fingerprint density at radius 3 is 2.57 bits per heavy atom. The van der Waals surface area contributed by atoms with Crippen molar-refractivity contribution in [2.75, 3.05) is 25.0 Å². The van der Waals surface area contributed by atoms with Crippen molar-refractivity contribution in [1.82, 2.24) is 20.2 Å². The largest absolute Gasteiger partial charge is 0.474 e. The SMILES string of the molecule is O=C(NCc1ccc(OC2CCN(CC3CC3)CC2)nc1)Nc1ccncc1. The van der Waals surface area contributed by atoms with E-state index in [-0.39, 0.29) is 12.1 Å². The van der Waals surface area contributed by atoms with E-state index in [9.17, 15) is 4.79 Å². The number of rotatable bonds is 7. The maximum Gasteiger partial charge on any atom is 0.319 e. The number of pyridine rings is 2. The summed E-state index contributed by atoms with van der Waals surface area (Å²) >= 11 is 0. The summed E-state index contributed by atoms with van der Waals surface area (Å²) in [6.45, 7) is 3.91. The third kappa shape index (κ3) is 5.66. The van der Waals surface area contributed by atoms with Crippen LogP contribution in [-0.2, 0) is 6.54 Å². The molecule has 0 unspecified atom stereocenters. The molecule has 1 aliphatic heterocycles. The van der Waals surface area contributed by atoms with Crippen LogP contribution < -0.4 is 15.4 Å². The molecular formula is C21H27N5O2. The van der Waals surface area contributed by atoms with Gasteiger partial charge in [0.2, 0.25) is 5.88 Å². The molecule has 7 heteroatoms. The van der Waals surface area contributed by atoms with Crippen LogP contribution in [-0.4, -0.2) is 46.6 Å². The number of amides is 2. The summed E-state index contributed by atoms with van der Waals surface area (Å²) in [6.07, 6.45) is 10.2. The highest BCUT2D eigenvalue weighted by Gasteiger charge is 2.27. The Bertz CT molecular complexity index is 756. The molecule has 28 heavy (non-hydrogen) atoms. The summed E-state index contributed by atoms with van der Waals surface area (Å²) in [6, 6.07) is 7.04. The fourth-order valence-corrected chi connectivity index (χ4v) is 3.42. The molecule has 3 heterocycles. The van der Waals surface area contributed by atoms with Gasteiger partial charge in [-0.3, -0.25) is 4.98 Å². The van der Waals surface area contributed by atoms with Gasteiger partial charge in [-0.05, 0) is 49.3 Å². The third-order valence-corrected chi connectivity index (χ3v) is 5.22. The number of piperidine rings is 1. The van der Waals surface area contributed by atoms with Crippen LogP contribution in [0.5, 0.6) is 5.88 Å². The number of ether oxygens (including phenoxy) is 1. The van der Waals surface area contributed by atoms with Gasteiger partial charge in [0, 0.05) is 56.5 Å². The van der Waals surface area contributed by atoms with Crippen molar-refractivity contribution >= 4 is 11.7 Å². The molecule has 1 saturated carbocycles. The van der Waals surface area contributed by atoms with Crippen molar-refractivity contribution < 1.29 is 9.53 Å². The second-order valence-corrected chi connectivity index (χ2v) is 7.61. The van der Waals surface area contributed by atoms with E-state index in [4.69, 9.17) is 4.74 Å². The van der Waals surface area contributed by atoms with E-state index < -0.39 is 0 Å². The molecule has 0 spiro atoms. The molecule has 7 nitrogen and oxygen atoms in total. The van der Waals surface area contributed by atoms with Crippen molar-refractivity contribution in [3.05, 3.63) is 48.4 Å². The second-order valence-electron chi connectivity index (χ2n) is 7.61. The van der Waals surface area contributed by atoms with Gasteiger partial charge >= 0.3 is 6.03 Å². The van der Waals surface area contributed by atoms with Crippen molar-refractivity contribution in [3.8, 4) is 5.88 Å². The fraction of sp³-hybridized carbons (Fsp3) is 0.476. The van der Waals surface area contributed by atoms with E-state index in [2.05, 4.69) is 25.5 Å². The van der Waals surface area contributed by atoms with Gasteiger partial charge in [-0.2, -0.15) is 0 Å². The van der Waals surface area contributed by atoms with Crippen molar-refractivity contribution in [1.29, 1.82) is 0 Å². The number of nitrogens with zero attached hydrogens (tertiary/aromatic N) is 3. The van der Waals surface area contributed by atoms with E-state index in [1.165, 1.54) is 19.4 Å². The number of urea groups is 1. The smallest absolute Gasteiger partial charge is 0.319 e. The highest BCUT2D eigenvalue weighted by Crippen LogP contribution is 2.30. The Balaban J connectivity index is 1.18. The average molecular weight is 381 g/mol. The lowest BCUT2D eigenvalue weighted by Crippen LogP contribution is -2.39. The normalized spacial score (nSPS) is 17.9. The van der Waals surface area contributed by atoms with Gasteiger partial charge in [-0.15, -0.1) is 0 Å². The molecule has 1 saturated heterocycles. The lowest BCUT2D eigenvalue weighted by molar-refractivity contribution is 0.0944. The van der Waals surface area contributed by atoms with Gasteiger partial charge in [0.1, 0.15) is 6.10 Å². The van der Waals surface area contributed by atoms with Crippen LogP contribution in [0.4, 0.5) is 10.5 Å². The van der Waals surface area contributed by atoms with Crippen LogP contribution in [0.15, 0.2) is 42.9 Å². The maximum absolute atomic E-state index is 11.9. The molecule has 2 aromatic rings. The fourth-order valence-electron chi connectivity index (χ4n) is 3.42. The zero-order chi connectivity index (χ0) is 19.2. The zero-order valence-corrected chi connectivity index (χ0v) is 16.0. The second kappa shape index (κ2) is 9.01. The van der Waals surface area contributed by atoms with Gasteiger partial charge in [-0.1, -0.05) is 6.07 Å². The average Bonchev–Trinajstić information content (AvgIpc) is 3.54. The van der Waals surface area contributed by atoms with Crippen LogP contribution in [0, 0.1) is 5.92 Å². The molecule has 4 rings (SSSR count). The number of likely N-dealkylation sites (tertiary alicyclic amines) is 1. The van der Waals surface area contributed by atoms with Crippen LogP contribution >= 0.6 is 0 Å². The summed E-state index contributed by atoms with van der Waals surface area (Å²) < 4.78 is 6.04. The molecule has 0 radical (unpaired) electrons. The molecule has 2 aliphatic rings. The molecule has 0 atom stereocenters. The number of hydrogen-bond acceptors (Lipinski definition) is 5. The van der Waals surface area contributed by atoms with Crippen LogP contribution in [0.25, 0.3) is 0 Å². The lowest BCUT2D eigenvalue weighted by atomic mass is 10.1. The number of carbonyl (C=O) groups excluding carboxylic acids is 1. The first-order valence-corrected chi connectivity index (χ1v) is 10.0. The quantitative estimate of drug-likeness (QED) is 0.771. The molecule has 2 fully saturated rings. The third-order valence-electron chi connectivity index (χ3n) is 5.22. The predicted molar refractivity (Wildman–Crippen MR) is 107 cm³/mol. The van der Waals surface area contributed by atoms with E-state index in [0.717, 1.165) is 37.4 Å². The molecule has 0 bridgehead atoms. The topological polar surface area (TPSA) is 79.4 Å². The molecular weight excluding hydrogens is 354 g/mol. The molecule has 2 aromatic heterocycles. The Labute approximate surface area is 165 Å². The van der Waals surface area contributed by atoms with Gasteiger partial charge in [0.25, 0.3) is 0 Å². The van der Waals surface area contributed by atoms with Gasteiger partial charge in [0.15, 0.2) is 0 Å². The Morgan fingerprint density at radius 2 is 1.89 bits per heavy atom. The van der Waals surface area contributed by atoms with Gasteiger partial charge in [-0.25, -0.2) is 9.78 Å². The lowest BCUT2D eigenvalue weighted by Gasteiger charge is -2.31. The molecule has 1 aliphatic carbocycles. The van der Waals surface area contributed by atoms with E-state index in [0.29, 0.717) is 18.1 Å². The zero-order valence-electron chi connectivity index (χ0n) is 16.0. The molecule has 148 valence electrons. The summed E-state index contributed by atoms with van der Waals surface area (Å²) in [5.74, 6) is 1.61. The highest BCUT2D eigenvalue weighted by atomic mass is 16.5. The van der Waals surface area contributed by atoms with Crippen molar-refractivity contribution in [2.24, 2.45) is 5.92 Å². The molecule has 2 amide bonds.